The Labute approximate surface area is 120 Å². The van der Waals surface area contributed by atoms with Crippen molar-refractivity contribution in [1.82, 2.24) is 14.8 Å². The summed E-state index contributed by atoms with van der Waals surface area (Å²) in [5.41, 5.74) is 7.19. The summed E-state index contributed by atoms with van der Waals surface area (Å²) in [5.74, 6) is 0.671. The summed E-state index contributed by atoms with van der Waals surface area (Å²) >= 11 is 0. The standard InChI is InChI=1S/C15H24N4O/c1-2-5-19-9-12(16)8-14(19)15(20)17-13-10-18-6-3-11(13)4-7-18/h8-9,11,13H,2-7,10,16H2,1H3,(H,17,20). The van der Waals surface area contributed by atoms with Crippen LogP contribution in [0.2, 0.25) is 0 Å². The van der Waals surface area contributed by atoms with Gasteiger partial charge >= 0.3 is 0 Å². The van der Waals surface area contributed by atoms with E-state index in [9.17, 15) is 4.79 Å². The fraction of sp³-hybridized carbons (Fsp3) is 0.667. The summed E-state index contributed by atoms with van der Waals surface area (Å²) in [5, 5.41) is 3.22. The van der Waals surface area contributed by atoms with Crippen LogP contribution in [0.4, 0.5) is 5.69 Å². The molecule has 2 bridgehead atoms. The number of aromatic nitrogens is 1. The lowest BCUT2D eigenvalue weighted by Crippen LogP contribution is -2.57. The zero-order valence-corrected chi connectivity index (χ0v) is 12.1. The molecule has 1 atom stereocenters. The van der Waals surface area contributed by atoms with Crippen LogP contribution < -0.4 is 11.1 Å². The molecule has 0 saturated carbocycles. The summed E-state index contributed by atoms with van der Waals surface area (Å²) in [6, 6.07) is 2.09. The minimum atomic E-state index is 0.0221. The maximum Gasteiger partial charge on any atom is 0.268 e. The van der Waals surface area contributed by atoms with Crippen LogP contribution in [0.15, 0.2) is 12.3 Å². The molecular formula is C15H24N4O. The third-order valence-corrected chi connectivity index (χ3v) is 4.59. The number of nitrogen functional groups attached to an aromatic ring is 1. The first-order valence-corrected chi connectivity index (χ1v) is 7.66. The van der Waals surface area contributed by atoms with Crippen molar-refractivity contribution >= 4 is 11.6 Å². The second-order valence-electron chi connectivity index (χ2n) is 6.07. The quantitative estimate of drug-likeness (QED) is 0.871. The molecule has 4 heterocycles. The molecule has 3 saturated heterocycles. The number of nitrogens with zero attached hydrogens (tertiary/aromatic N) is 2. The molecule has 0 aliphatic carbocycles. The Bertz CT molecular complexity index is 488. The molecule has 110 valence electrons. The van der Waals surface area contributed by atoms with Crippen molar-refractivity contribution in [1.29, 1.82) is 0 Å². The summed E-state index contributed by atoms with van der Waals surface area (Å²) in [6.45, 7) is 6.32. The Morgan fingerprint density at radius 1 is 1.45 bits per heavy atom. The van der Waals surface area contributed by atoms with Gasteiger partial charge in [0, 0.05) is 25.3 Å². The Hall–Kier alpha value is -1.49. The minimum absolute atomic E-state index is 0.0221. The van der Waals surface area contributed by atoms with E-state index in [4.69, 9.17) is 5.73 Å². The number of amides is 1. The highest BCUT2D eigenvalue weighted by Crippen LogP contribution is 2.27. The summed E-state index contributed by atoms with van der Waals surface area (Å²) in [4.78, 5) is 14.9. The van der Waals surface area contributed by atoms with Crippen LogP contribution in [0, 0.1) is 5.92 Å². The number of hydrogen-bond donors (Lipinski definition) is 2. The Kier molecular flexibility index (Phi) is 3.70. The first-order valence-electron chi connectivity index (χ1n) is 7.66. The van der Waals surface area contributed by atoms with Crippen LogP contribution in [0.1, 0.15) is 36.7 Å². The van der Waals surface area contributed by atoms with Gasteiger partial charge in [0.1, 0.15) is 5.69 Å². The molecular weight excluding hydrogens is 252 g/mol. The van der Waals surface area contributed by atoms with E-state index in [1.54, 1.807) is 6.07 Å². The van der Waals surface area contributed by atoms with Crippen molar-refractivity contribution in [3.63, 3.8) is 0 Å². The molecule has 20 heavy (non-hydrogen) atoms. The highest BCUT2D eigenvalue weighted by Gasteiger charge is 2.35. The zero-order chi connectivity index (χ0) is 14.1. The fourth-order valence-corrected chi connectivity index (χ4v) is 3.52. The van der Waals surface area contributed by atoms with Crippen LogP contribution in [-0.4, -0.2) is 41.1 Å². The number of aryl methyl sites for hydroxylation is 1. The highest BCUT2D eigenvalue weighted by molar-refractivity contribution is 5.94. The van der Waals surface area contributed by atoms with E-state index in [1.807, 2.05) is 10.8 Å². The minimum Gasteiger partial charge on any atom is -0.397 e. The average Bonchev–Trinajstić information content (AvgIpc) is 2.81. The third-order valence-electron chi connectivity index (χ3n) is 4.59. The van der Waals surface area contributed by atoms with Crippen molar-refractivity contribution in [2.45, 2.75) is 38.8 Å². The van der Waals surface area contributed by atoms with Gasteiger partial charge in [0.15, 0.2) is 0 Å². The maximum absolute atomic E-state index is 12.5. The maximum atomic E-state index is 12.5. The predicted molar refractivity (Wildman–Crippen MR) is 79.6 cm³/mol. The van der Waals surface area contributed by atoms with Gasteiger partial charge in [-0.2, -0.15) is 0 Å². The van der Waals surface area contributed by atoms with Gasteiger partial charge in [-0.3, -0.25) is 4.79 Å². The molecule has 1 unspecified atom stereocenters. The molecule has 0 radical (unpaired) electrons. The number of nitrogens with one attached hydrogen (secondary N) is 1. The Morgan fingerprint density at radius 2 is 2.20 bits per heavy atom. The number of carbonyl (C=O) groups excluding carboxylic acids is 1. The van der Waals surface area contributed by atoms with Crippen LogP contribution in [-0.2, 0) is 6.54 Å². The van der Waals surface area contributed by atoms with Gasteiger partial charge in [0.05, 0.1) is 5.69 Å². The summed E-state index contributed by atoms with van der Waals surface area (Å²) in [6.07, 6.45) is 5.27. The topological polar surface area (TPSA) is 63.3 Å². The van der Waals surface area contributed by atoms with E-state index in [1.165, 1.54) is 25.9 Å². The van der Waals surface area contributed by atoms with Gasteiger partial charge in [0.2, 0.25) is 0 Å². The molecule has 3 fully saturated rings. The van der Waals surface area contributed by atoms with Crippen LogP contribution >= 0.6 is 0 Å². The average molecular weight is 276 g/mol. The normalized spacial score (nSPS) is 28.6. The zero-order valence-electron chi connectivity index (χ0n) is 12.1. The largest absolute Gasteiger partial charge is 0.397 e. The fourth-order valence-electron chi connectivity index (χ4n) is 3.52. The summed E-state index contributed by atoms with van der Waals surface area (Å²) in [7, 11) is 0. The monoisotopic (exact) mass is 276 g/mol. The number of hydrogen-bond acceptors (Lipinski definition) is 3. The molecule has 4 rings (SSSR count). The molecule has 5 heteroatoms. The highest BCUT2D eigenvalue weighted by atomic mass is 16.2. The molecule has 3 N–H and O–H groups in total. The number of fused-ring (bicyclic) bond motifs is 3. The molecule has 1 amide bonds. The van der Waals surface area contributed by atoms with Crippen molar-refractivity contribution in [3.05, 3.63) is 18.0 Å². The number of nitrogens with two attached hydrogens (primary N) is 1. The van der Waals surface area contributed by atoms with Crippen LogP contribution in [0.5, 0.6) is 0 Å². The lowest BCUT2D eigenvalue weighted by Gasteiger charge is -2.44. The molecule has 1 aromatic heterocycles. The van der Waals surface area contributed by atoms with Crippen molar-refractivity contribution in [3.8, 4) is 0 Å². The van der Waals surface area contributed by atoms with Crippen LogP contribution in [0.3, 0.4) is 0 Å². The number of anilines is 1. The van der Waals surface area contributed by atoms with Gasteiger partial charge in [-0.25, -0.2) is 0 Å². The number of piperidine rings is 3. The van der Waals surface area contributed by atoms with Gasteiger partial charge in [-0.1, -0.05) is 6.92 Å². The molecule has 3 aliphatic heterocycles. The Balaban J connectivity index is 1.70. The first kappa shape index (κ1) is 13.5. The molecule has 1 aromatic rings. The smallest absolute Gasteiger partial charge is 0.268 e. The van der Waals surface area contributed by atoms with E-state index in [-0.39, 0.29) is 5.91 Å². The van der Waals surface area contributed by atoms with Gasteiger partial charge in [-0.05, 0) is 44.3 Å². The van der Waals surface area contributed by atoms with Gasteiger partial charge in [-0.15, -0.1) is 0 Å². The summed E-state index contributed by atoms with van der Waals surface area (Å²) < 4.78 is 1.96. The number of carbonyl (C=O) groups is 1. The SMILES string of the molecule is CCCn1cc(N)cc1C(=O)NC1CN2CCC1CC2. The van der Waals surface area contributed by atoms with Crippen molar-refractivity contribution in [2.75, 3.05) is 25.4 Å². The van der Waals surface area contributed by atoms with Crippen LogP contribution in [0.25, 0.3) is 0 Å². The lowest BCUT2D eigenvalue weighted by molar-refractivity contribution is 0.0615. The van der Waals surface area contributed by atoms with Gasteiger partial charge < -0.3 is 20.5 Å². The van der Waals surface area contributed by atoms with E-state index in [0.29, 0.717) is 23.3 Å². The van der Waals surface area contributed by atoms with E-state index >= 15 is 0 Å². The third kappa shape index (κ3) is 2.54. The molecule has 0 aromatic carbocycles. The Morgan fingerprint density at radius 3 is 2.80 bits per heavy atom. The molecule has 5 nitrogen and oxygen atoms in total. The first-order chi connectivity index (χ1) is 9.67. The van der Waals surface area contributed by atoms with Crippen molar-refractivity contribution in [2.24, 2.45) is 5.92 Å². The van der Waals surface area contributed by atoms with Gasteiger partial charge in [0.25, 0.3) is 5.91 Å². The number of rotatable bonds is 4. The predicted octanol–water partition coefficient (Wildman–Crippen LogP) is 1.30. The van der Waals surface area contributed by atoms with E-state index < -0.39 is 0 Å². The molecule has 0 spiro atoms. The molecule has 3 aliphatic rings. The second-order valence-corrected chi connectivity index (χ2v) is 6.07. The van der Waals surface area contributed by atoms with E-state index in [0.717, 1.165) is 19.5 Å². The van der Waals surface area contributed by atoms with E-state index in [2.05, 4.69) is 17.1 Å². The lowest BCUT2D eigenvalue weighted by atomic mass is 9.84. The van der Waals surface area contributed by atoms with Crippen molar-refractivity contribution < 1.29 is 4.79 Å². The second kappa shape index (κ2) is 5.48.